The maximum absolute atomic E-state index is 13.5. The zero-order chi connectivity index (χ0) is 13.8. The van der Waals surface area contributed by atoms with Crippen molar-refractivity contribution in [2.75, 3.05) is 5.32 Å². The number of rotatable bonds is 4. The Hall–Kier alpha value is -1.61. The third-order valence-electron chi connectivity index (χ3n) is 2.82. The largest absolute Gasteiger partial charge is 0.381 e. The van der Waals surface area contributed by atoms with E-state index in [0.717, 1.165) is 0 Å². The van der Waals surface area contributed by atoms with Crippen molar-refractivity contribution in [2.24, 2.45) is 0 Å². The van der Waals surface area contributed by atoms with Crippen LogP contribution in [0.15, 0.2) is 42.5 Å². The van der Waals surface area contributed by atoms with Crippen molar-refractivity contribution in [3.8, 4) is 0 Å². The van der Waals surface area contributed by atoms with Crippen LogP contribution >= 0.6 is 11.6 Å². The molecule has 0 aromatic heterocycles. The molecular formula is C15H14ClF2N. The Labute approximate surface area is 116 Å². The zero-order valence-corrected chi connectivity index (χ0v) is 11.2. The number of benzene rings is 2. The molecule has 0 heterocycles. The fraction of sp³-hybridized carbons (Fsp3) is 0.200. The monoisotopic (exact) mass is 281 g/mol. The highest BCUT2D eigenvalue weighted by Gasteiger charge is 2.09. The van der Waals surface area contributed by atoms with Gasteiger partial charge in [-0.05, 0) is 43.2 Å². The second-order valence-corrected chi connectivity index (χ2v) is 4.87. The van der Waals surface area contributed by atoms with E-state index >= 15 is 0 Å². The van der Waals surface area contributed by atoms with Gasteiger partial charge in [-0.2, -0.15) is 0 Å². The van der Waals surface area contributed by atoms with Crippen molar-refractivity contribution in [1.82, 2.24) is 0 Å². The Morgan fingerprint density at radius 2 is 1.89 bits per heavy atom. The fourth-order valence-corrected chi connectivity index (χ4v) is 2.14. The van der Waals surface area contributed by atoms with Crippen LogP contribution in [0.25, 0.3) is 0 Å². The first-order chi connectivity index (χ1) is 9.06. The highest BCUT2D eigenvalue weighted by atomic mass is 35.5. The number of hydrogen-bond donors (Lipinski definition) is 1. The Morgan fingerprint density at radius 3 is 2.58 bits per heavy atom. The third-order valence-corrected chi connectivity index (χ3v) is 3.13. The molecule has 19 heavy (non-hydrogen) atoms. The molecule has 0 bridgehead atoms. The van der Waals surface area contributed by atoms with Gasteiger partial charge in [-0.1, -0.05) is 29.8 Å². The van der Waals surface area contributed by atoms with Gasteiger partial charge in [0.25, 0.3) is 0 Å². The molecule has 2 rings (SSSR count). The molecule has 4 heteroatoms. The first-order valence-electron chi connectivity index (χ1n) is 6.01. The molecule has 1 unspecified atom stereocenters. The fourth-order valence-electron chi connectivity index (χ4n) is 1.92. The second kappa shape index (κ2) is 6.02. The molecule has 2 aromatic carbocycles. The van der Waals surface area contributed by atoms with Crippen LogP contribution < -0.4 is 5.32 Å². The van der Waals surface area contributed by atoms with Gasteiger partial charge in [-0.25, -0.2) is 8.78 Å². The van der Waals surface area contributed by atoms with Crippen molar-refractivity contribution in [3.05, 3.63) is 64.7 Å². The summed E-state index contributed by atoms with van der Waals surface area (Å²) in [5.41, 5.74) is 1.28. The Balaban J connectivity index is 2.05. The van der Waals surface area contributed by atoms with Gasteiger partial charge >= 0.3 is 0 Å². The van der Waals surface area contributed by atoms with Gasteiger partial charge in [0.15, 0.2) is 0 Å². The molecule has 0 radical (unpaired) electrons. The molecule has 1 atom stereocenters. The zero-order valence-electron chi connectivity index (χ0n) is 10.5. The van der Waals surface area contributed by atoms with E-state index in [1.807, 2.05) is 6.92 Å². The van der Waals surface area contributed by atoms with E-state index in [9.17, 15) is 8.78 Å². The minimum absolute atomic E-state index is 0.0140. The number of hydrogen-bond acceptors (Lipinski definition) is 1. The molecule has 1 N–H and O–H groups in total. The van der Waals surface area contributed by atoms with Crippen molar-refractivity contribution in [3.63, 3.8) is 0 Å². The molecule has 0 fully saturated rings. The summed E-state index contributed by atoms with van der Waals surface area (Å²) in [4.78, 5) is 0. The van der Waals surface area contributed by atoms with Crippen LogP contribution in [0.5, 0.6) is 0 Å². The molecule has 0 saturated carbocycles. The summed E-state index contributed by atoms with van der Waals surface area (Å²) in [7, 11) is 0. The van der Waals surface area contributed by atoms with Crippen molar-refractivity contribution in [2.45, 2.75) is 19.4 Å². The maximum atomic E-state index is 13.5. The van der Waals surface area contributed by atoms with E-state index in [-0.39, 0.29) is 17.7 Å². The van der Waals surface area contributed by atoms with Crippen LogP contribution in [0, 0.1) is 11.6 Å². The summed E-state index contributed by atoms with van der Waals surface area (Å²) >= 11 is 5.93. The molecular weight excluding hydrogens is 268 g/mol. The Bertz CT molecular complexity index is 572. The van der Waals surface area contributed by atoms with Crippen LogP contribution in [0.2, 0.25) is 5.02 Å². The molecule has 1 nitrogen and oxygen atoms in total. The highest BCUT2D eigenvalue weighted by Crippen LogP contribution is 2.23. The molecule has 0 spiro atoms. The normalized spacial score (nSPS) is 12.2. The summed E-state index contributed by atoms with van der Waals surface area (Å²) in [6, 6.07) is 10.8. The quantitative estimate of drug-likeness (QED) is 0.859. The van der Waals surface area contributed by atoms with E-state index in [4.69, 9.17) is 11.6 Å². The number of halogens is 3. The number of nitrogens with one attached hydrogen (secondary N) is 1. The molecule has 0 aliphatic carbocycles. The summed E-state index contributed by atoms with van der Waals surface area (Å²) in [5, 5.41) is 3.47. The second-order valence-electron chi connectivity index (χ2n) is 4.47. The highest BCUT2D eigenvalue weighted by molar-refractivity contribution is 6.33. The number of anilines is 1. The predicted molar refractivity (Wildman–Crippen MR) is 74.6 cm³/mol. The van der Waals surface area contributed by atoms with Gasteiger partial charge < -0.3 is 5.32 Å². The Morgan fingerprint density at radius 1 is 1.16 bits per heavy atom. The van der Waals surface area contributed by atoms with Crippen LogP contribution in [0.4, 0.5) is 14.5 Å². The molecule has 0 amide bonds. The molecule has 100 valence electrons. The summed E-state index contributed by atoms with van der Waals surface area (Å²) in [6.45, 7) is 1.92. The van der Waals surface area contributed by atoms with E-state index in [1.165, 1.54) is 18.2 Å². The lowest BCUT2D eigenvalue weighted by Crippen LogP contribution is -2.19. The van der Waals surface area contributed by atoms with Crippen molar-refractivity contribution < 1.29 is 8.78 Å². The van der Waals surface area contributed by atoms with Gasteiger partial charge in [0.05, 0.1) is 10.7 Å². The average molecular weight is 282 g/mol. The minimum Gasteiger partial charge on any atom is -0.381 e. The van der Waals surface area contributed by atoms with Crippen LogP contribution in [-0.2, 0) is 6.42 Å². The average Bonchev–Trinajstić information content (AvgIpc) is 2.36. The van der Waals surface area contributed by atoms with Gasteiger partial charge in [0, 0.05) is 6.04 Å². The van der Waals surface area contributed by atoms with Gasteiger partial charge in [0.1, 0.15) is 11.6 Å². The SMILES string of the molecule is CC(Cc1ccccc1F)Nc1ccc(F)cc1Cl. The third kappa shape index (κ3) is 3.67. The van der Waals surface area contributed by atoms with Gasteiger partial charge in [-0.3, -0.25) is 0 Å². The van der Waals surface area contributed by atoms with Crippen LogP contribution in [0.3, 0.4) is 0 Å². The summed E-state index contributed by atoms with van der Waals surface area (Å²) < 4.78 is 26.4. The molecule has 2 aromatic rings. The maximum Gasteiger partial charge on any atom is 0.126 e. The standard InChI is InChI=1S/C15H14ClF2N/c1-10(8-11-4-2-3-5-14(11)18)19-15-7-6-12(17)9-13(15)16/h2-7,9-10,19H,8H2,1H3. The van der Waals surface area contributed by atoms with Crippen molar-refractivity contribution in [1.29, 1.82) is 0 Å². The summed E-state index contributed by atoms with van der Waals surface area (Å²) in [6.07, 6.45) is 0.528. The lowest BCUT2D eigenvalue weighted by atomic mass is 10.1. The van der Waals surface area contributed by atoms with Crippen molar-refractivity contribution >= 4 is 17.3 Å². The first kappa shape index (κ1) is 13.8. The van der Waals surface area contributed by atoms with E-state index < -0.39 is 0 Å². The lowest BCUT2D eigenvalue weighted by molar-refractivity contribution is 0.601. The van der Waals surface area contributed by atoms with E-state index in [0.29, 0.717) is 22.7 Å². The predicted octanol–water partition coefficient (Wildman–Crippen LogP) is 4.66. The Kier molecular flexibility index (Phi) is 4.38. The molecule has 0 saturated heterocycles. The van der Waals surface area contributed by atoms with Gasteiger partial charge in [0.2, 0.25) is 0 Å². The van der Waals surface area contributed by atoms with Gasteiger partial charge in [-0.15, -0.1) is 0 Å². The minimum atomic E-state index is -0.377. The topological polar surface area (TPSA) is 12.0 Å². The lowest BCUT2D eigenvalue weighted by Gasteiger charge is -2.16. The van der Waals surface area contributed by atoms with Crippen LogP contribution in [-0.4, -0.2) is 6.04 Å². The summed E-state index contributed by atoms with van der Waals surface area (Å²) in [5.74, 6) is -0.598. The first-order valence-corrected chi connectivity index (χ1v) is 6.39. The van der Waals surface area contributed by atoms with E-state index in [1.54, 1.807) is 24.3 Å². The smallest absolute Gasteiger partial charge is 0.126 e. The molecule has 0 aliphatic rings. The van der Waals surface area contributed by atoms with Crippen LogP contribution in [0.1, 0.15) is 12.5 Å². The molecule has 0 aliphatic heterocycles. The van der Waals surface area contributed by atoms with E-state index in [2.05, 4.69) is 5.32 Å².